The lowest BCUT2D eigenvalue weighted by Crippen LogP contribution is -2.32. The van der Waals surface area contributed by atoms with E-state index in [2.05, 4.69) is 18.7 Å². The third-order valence-electron chi connectivity index (χ3n) is 3.40. The molecule has 1 saturated heterocycles. The lowest BCUT2D eigenvalue weighted by atomic mass is 10.0. The van der Waals surface area contributed by atoms with Crippen LogP contribution in [-0.4, -0.2) is 19.5 Å². The summed E-state index contributed by atoms with van der Waals surface area (Å²) in [6.07, 6.45) is 5.89. The van der Waals surface area contributed by atoms with E-state index in [0.29, 0.717) is 5.92 Å². The second-order valence-corrected chi connectivity index (χ2v) is 5.43. The van der Waals surface area contributed by atoms with Crippen LogP contribution in [0.4, 0.5) is 0 Å². The van der Waals surface area contributed by atoms with Gasteiger partial charge >= 0.3 is 0 Å². The molecule has 0 unspecified atom stereocenters. The average Bonchev–Trinajstić information content (AvgIpc) is 2.46. The predicted octanol–water partition coefficient (Wildman–Crippen LogP) is 4.23. The van der Waals surface area contributed by atoms with Crippen LogP contribution in [0.3, 0.4) is 0 Å². The minimum Gasteiger partial charge on any atom is -0.352 e. The van der Waals surface area contributed by atoms with Gasteiger partial charge in [-0.25, -0.2) is 0 Å². The molecule has 0 spiro atoms. The molecule has 0 atom stereocenters. The Hall–Kier alpha value is -0.830. The van der Waals surface area contributed by atoms with Gasteiger partial charge < -0.3 is 9.47 Å². The number of ether oxygens (including phenoxy) is 2. The number of halogens is 1. The summed E-state index contributed by atoms with van der Waals surface area (Å²) in [4.78, 5) is 0. The SMILES string of the molecule is C=CCCC1COC(CCc2ccc(Cl)cc2)OC1. The van der Waals surface area contributed by atoms with Crippen molar-refractivity contribution in [1.82, 2.24) is 0 Å². The van der Waals surface area contributed by atoms with Gasteiger partial charge in [0.15, 0.2) is 6.29 Å². The first-order valence-corrected chi connectivity index (χ1v) is 7.24. The lowest BCUT2D eigenvalue weighted by molar-refractivity contribution is -0.203. The van der Waals surface area contributed by atoms with Crippen molar-refractivity contribution in [3.05, 3.63) is 47.5 Å². The molecule has 1 aromatic rings. The van der Waals surface area contributed by atoms with Crippen LogP contribution in [0.1, 0.15) is 24.8 Å². The standard InChI is InChI=1S/C16H21ClO2/c1-2-3-4-14-11-18-16(19-12-14)10-7-13-5-8-15(17)9-6-13/h2,5-6,8-9,14,16H,1,3-4,7,10-12H2. The Morgan fingerprint density at radius 1 is 1.16 bits per heavy atom. The molecule has 1 aliphatic rings. The fourth-order valence-corrected chi connectivity index (χ4v) is 2.33. The molecule has 0 saturated carbocycles. The molecular weight excluding hydrogens is 260 g/mol. The fourth-order valence-electron chi connectivity index (χ4n) is 2.21. The van der Waals surface area contributed by atoms with Crippen molar-refractivity contribution in [3.8, 4) is 0 Å². The van der Waals surface area contributed by atoms with E-state index < -0.39 is 0 Å². The average molecular weight is 281 g/mol. The molecule has 2 rings (SSSR count). The van der Waals surface area contributed by atoms with E-state index in [4.69, 9.17) is 21.1 Å². The molecule has 0 radical (unpaired) electrons. The predicted molar refractivity (Wildman–Crippen MR) is 78.4 cm³/mol. The Kier molecular flexibility index (Phi) is 5.90. The van der Waals surface area contributed by atoms with E-state index in [1.165, 1.54) is 5.56 Å². The largest absolute Gasteiger partial charge is 0.352 e. The van der Waals surface area contributed by atoms with Gasteiger partial charge in [-0.3, -0.25) is 0 Å². The zero-order valence-electron chi connectivity index (χ0n) is 11.2. The Morgan fingerprint density at radius 3 is 2.47 bits per heavy atom. The zero-order valence-corrected chi connectivity index (χ0v) is 11.9. The van der Waals surface area contributed by atoms with Gasteiger partial charge in [0.05, 0.1) is 13.2 Å². The maximum Gasteiger partial charge on any atom is 0.157 e. The Balaban J connectivity index is 1.68. The molecule has 2 nitrogen and oxygen atoms in total. The highest BCUT2D eigenvalue weighted by Gasteiger charge is 2.21. The van der Waals surface area contributed by atoms with E-state index in [-0.39, 0.29) is 6.29 Å². The third kappa shape index (κ3) is 4.98. The van der Waals surface area contributed by atoms with E-state index in [9.17, 15) is 0 Å². The quantitative estimate of drug-likeness (QED) is 0.726. The highest BCUT2D eigenvalue weighted by molar-refractivity contribution is 6.30. The molecule has 1 fully saturated rings. The van der Waals surface area contributed by atoms with Crippen molar-refractivity contribution >= 4 is 11.6 Å². The molecule has 1 heterocycles. The van der Waals surface area contributed by atoms with Crippen molar-refractivity contribution in [2.24, 2.45) is 5.92 Å². The molecule has 0 N–H and O–H groups in total. The first kappa shape index (κ1) is 14.6. The minimum absolute atomic E-state index is 0.0596. The molecule has 19 heavy (non-hydrogen) atoms. The van der Waals surface area contributed by atoms with Crippen molar-refractivity contribution in [1.29, 1.82) is 0 Å². The Morgan fingerprint density at radius 2 is 1.84 bits per heavy atom. The molecule has 0 aromatic heterocycles. The zero-order chi connectivity index (χ0) is 13.5. The van der Waals surface area contributed by atoms with Crippen molar-refractivity contribution < 1.29 is 9.47 Å². The molecule has 0 amide bonds. The van der Waals surface area contributed by atoms with Gasteiger partial charge in [-0.15, -0.1) is 6.58 Å². The molecule has 1 aromatic carbocycles. The monoisotopic (exact) mass is 280 g/mol. The van der Waals surface area contributed by atoms with Crippen molar-refractivity contribution in [2.75, 3.05) is 13.2 Å². The van der Waals surface area contributed by atoms with Gasteiger partial charge in [0.2, 0.25) is 0 Å². The van der Waals surface area contributed by atoms with Gasteiger partial charge in [-0.1, -0.05) is 29.8 Å². The number of allylic oxidation sites excluding steroid dienone is 1. The van der Waals surface area contributed by atoms with Crippen molar-refractivity contribution in [2.45, 2.75) is 32.0 Å². The second kappa shape index (κ2) is 7.68. The highest BCUT2D eigenvalue weighted by atomic mass is 35.5. The third-order valence-corrected chi connectivity index (χ3v) is 3.65. The van der Waals surface area contributed by atoms with Crippen LogP contribution >= 0.6 is 11.6 Å². The van der Waals surface area contributed by atoms with E-state index >= 15 is 0 Å². The molecule has 3 heteroatoms. The first-order chi connectivity index (χ1) is 9.28. The molecule has 0 bridgehead atoms. The Bertz CT molecular complexity index is 380. The number of rotatable bonds is 6. The van der Waals surface area contributed by atoms with Crippen LogP contribution in [0.25, 0.3) is 0 Å². The van der Waals surface area contributed by atoms with Crippen LogP contribution in [-0.2, 0) is 15.9 Å². The lowest BCUT2D eigenvalue weighted by Gasteiger charge is -2.29. The number of hydrogen-bond donors (Lipinski definition) is 0. The van der Waals surface area contributed by atoms with Crippen LogP contribution < -0.4 is 0 Å². The number of benzene rings is 1. The van der Waals surface area contributed by atoms with Crippen LogP contribution in [0.5, 0.6) is 0 Å². The summed E-state index contributed by atoms with van der Waals surface area (Å²) in [5, 5.41) is 0.777. The van der Waals surface area contributed by atoms with Crippen LogP contribution in [0, 0.1) is 5.92 Å². The summed E-state index contributed by atoms with van der Waals surface area (Å²) in [6, 6.07) is 7.95. The molecule has 1 aliphatic heterocycles. The molecule has 104 valence electrons. The van der Waals surface area contributed by atoms with Gasteiger partial charge in [-0.2, -0.15) is 0 Å². The maximum atomic E-state index is 5.86. The summed E-state index contributed by atoms with van der Waals surface area (Å²) in [6.45, 7) is 5.35. The summed E-state index contributed by atoms with van der Waals surface area (Å²) < 4.78 is 11.5. The molecular formula is C16H21ClO2. The van der Waals surface area contributed by atoms with Gasteiger partial charge in [0.25, 0.3) is 0 Å². The topological polar surface area (TPSA) is 18.5 Å². The fraction of sp³-hybridized carbons (Fsp3) is 0.500. The normalized spacial score (nSPS) is 23.2. The summed E-state index contributed by atoms with van der Waals surface area (Å²) in [5.41, 5.74) is 1.27. The van der Waals surface area contributed by atoms with Crippen LogP contribution in [0.15, 0.2) is 36.9 Å². The first-order valence-electron chi connectivity index (χ1n) is 6.86. The molecule has 0 aliphatic carbocycles. The maximum absolute atomic E-state index is 5.86. The Labute approximate surface area is 120 Å². The summed E-state index contributed by atoms with van der Waals surface area (Å²) >= 11 is 5.86. The van der Waals surface area contributed by atoms with Gasteiger partial charge in [0.1, 0.15) is 0 Å². The van der Waals surface area contributed by atoms with Gasteiger partial charge in [-0.05, 0) is 37.0 Å². The van der Waals surface area contributed by atoms with E-state index in [1.54, 1.807) is 0 Å². The minimum atomic E-state index is -0.0596. The van der Waals surface area contributed by atoms with Crippen LogP contribution in [0.2, 0.25) is 5.02 Å². The summed E-state index contributed by atoms with van der Waals surface area (Å²) in [5.74, 6) is 0.518. The van der Waals surface area contributed by atoms with E-state index in [1.807, 2.05) is 18.2 Å². The number of hydrogen-bond acceptors (Lipinski definition) is 2. The van der Waals surface area contributed by atoms with Crippen molar-refractivity contribution in [3.63, 3.8) is 0 Å². The smallest absolute Gasteiger partial charge is 0.157 e. The summed E-state index contributed by atoms with van der Waals surface area (Å²) in [7, 11) is 0. The highest BCUT2D eigenvalue weighted by Crippen LogP contribution is 2.20. The number of aryl methyl sites for hydroxylation is 1. The van der Waals surface area contributed by atoms with Gasteiger partial charge in [0, 0.05) is 17.4 Å². The second-order valence-electron chi connectivity index (χ2n) is 4.99. The van der Waals surface area contributed by atoms with E-state index in [0.717, 1.165) is 43.9 Å².